The Morgan fingerprint density at radius 2 is 1.84 bits per heavy atom. The number of halogens is 1. The number of rotatable bonds is 6. The van der Waals surface area contributed by atoms with Crippen molar-refractivity contribution in [2.24, 2.45) is 0 Å². The topological polar surface area (TPSA) is 87.4 Å². The van der Waals surface area contributed by atoms with Gasteiger partial charge in [0.25, 0.3) is 5.91 Å². The second-order valence-corrected chi connectivity index (χ2v) is 8.68. The molecular weight excluding hydrogens is 481 g/mol. The molecule has 0 saturated heterocycles. The van der Waals surface area contributed by atoms with Crippen LogP contribution in [-0.4, -0.2) is 31.3 Å². The van der Waals surface area contributed by atoms with E-state index in [1.165, 1.54) is 19.2 Å². The molecule has 0 saturated carbocycles. The van der Waals surface area contributed by atoms with Crippen LogP contribution in [0.2, 0.25) is 0 Å². The van der Waals surface area contributed by atoms with Crippen molar-refractivity contribution in [1.82, 2.24) is 4.90 Å². The predicted octanol–water partition coefficient (Wildman–Crippen LogP) is 4.81. The van der Waals surface area contributed by atoms with Gasteiger partial charge in [0, 0.05) is 6.54 Å². The number of carbonyl (C=O) groups excluding carboxylic acids is 1. The van der Waals surface area contributed by atoms with Gasteiger partial charge in [-0.3, -0.25) is 9.59 Å². The van der Waals surface area contributed by atoms with Gasteiger partial charge in [-0.25, -0.2) is 4.39 Å². The summed E-state index contributed by atoms with van der Waals surface area (Å²) in [5.41, 5.74) is 1.23. The van der Waals surface area contributed by atoms with E-state index in [4.69, 9.17) is 23.4 Å². The van der Waals surface area contributed by atoms with Crippen molar-refractivity contribution in [3.63, 3.8) is 0 Å². The maximum absolute atomic E-state index is 14.0. The summed E-state index contributed by atoms with van der Waals surface area (Å²) < 4.78 is 42.0. The highest BCUT2D eigenvalue weighted by Crippen LogP contribution is 2.42. The molecule has 2 aliphatic heterocycles. The number of nitrogens with zero attached hydrogens (tertiary/aromatic N) is 1. The zero-order chi connectivity index (χ0) is 25.7. The standard InChI is InChI=1S/C28H22FNO7/c1-3-34-20-8-5-16(11-22(20)33-2)25-24-26(31)18-12-17(29)6-9-19(18)37-27(24)28(32)30(25)13-15-4-7-21-23(10-15)36-14-35-21/h4-12,25H,3,13-14H2,1-2H3/t25-/m1/s1. The van der Waals surface area contributed by atoms with Crippen LogP contribution in [0.3, 0.4) is 0 Å². The third kappa shape index (κ3) is 3.74. The van der Waals surface area contributed by atoms with Crippen molar-refractivity contribution in [3.8, 4) is 23.0 Å². The molecule has 1 aromatic heterocycles. The monoisotopic (exact) mass is 503 g/mol. The molecule has 0 aliphatic carbocycles. The lowest BCUT2D eigenvalue weighted by atomic mass is 9.97. The van der Waals surface area contributed by atoms with Gasteiger partial charge in [-0.2, -0.15) is 0 Å². The van der Waals surface area contributed by atoms with Crippen LogP contribution in [0.4, 0.5) is 4.39 Å². The van der Waals surface area contributed by atoms with E-state index in [2.05, 4.69) is 0 Å². The normalized spacial score (nSPS) is 15.8. The first-order valence-corrected chi connectivity index (χ1v) is 11.7. The molecule has 0 unspecified atom stereocenters. The first-order chi connectivity index (χ1) is 18.0. The molecule has 6 rings (SSSR count). The van der Waals surface area contributed by atoms with Crippen LogP contribution in [0.15, 0.2) is 63.8 Å². The molecular formula is C28H22FNO7. The molecule has 8 nitrogen and oxygen atoms in total. The predicted molar refractivity (Wildman–Crippen MR) is 131 cm³/mol. The molecule has 37 heavy (non-hydrogen) atoms. The fourth-order valence-corrected chi connectivity index (χ4v) is 4.87. The summed E-state index contributed by atoms with van der Waals surface area (Å²) in [6, 6.07) is 13.5. The summed E-state index contributed by atoms with van der Waals surface area (Å²) in [7, 11) is 1.52. The average molecular weight is 503 g/mol. The lowest BCUT2D eigenvalue weighted by molar-refractivity contribution is 0.0714. The third-order valence-electron chi connectivity index (χ3n) is 6.52. The molecule has 0 radical (unpaired) electrons. The second kappa shape index (κ2) is 8.85. The van der Waals surface area contributed by atoms with Crippen molar-refractivity contribution in [3.05, 3.63) is 93.1 Å². The Labute approximate surface area is 210 Å². The Morgan fingerprint density at radius 1 is 1.00 bits per heavy atom. The van der Waals surface area contributed by atoms with Crippen LogP contribution in [0.25, 0.3) is 11.0 Å². The Kier molecular flexibility index (Phi) is 5.48. The summed E-state index contributed by atoms with van der Waals surface area (Å²) in [4.78, 5) is 28.9. The average Bonchev–Trinajstić information content (AvgIpc) is 3.48. The van der Waals surface area contributed by atoms with E-state index in [0.717, 1.165) is 11.6 Å². The van der Waals surface area contributed by atoms with Gasteiger partial charge < -0.3 is 28.3 Å². The molecule has 0 bridgehead atoms. The van der Waals surface area contributed by atoms with E-state index >= 15 is 0 Å². The maximum atomic E-state index is 14.0. The third-order valence-corrected chi connectivity index (χ3v) is 6.52. The quantitative estimate of drug-likeness (QED) is 0.373. The molecule has 2 aliphatic rings. The van der Waals surface area contributed by atoms with Gasteiger partial charge in [-0.05, 0) is 60.5 Å². The first kappa shape index (κ1) is 22.9. The highest BCUT2D eigenvalue weighted by Gasteiger charge is 2.43. The smallest absolute Gasteiger partial charge is 0.291 e. The van der Waals surface area contributed by atoms with Crippen molar-refractivity contribution >= 4 is 16.9 Å². The van der Waals surface area contributed by atoms with Gasteiger partial charge in [-0.15, -0.1) is 0 Å². The Morgan fingerprint density at radius 3 is 2.65 bits per heavy atom. The first-order valence-electron chi connectivity index (χ1n) is 11.7. The van der Waals surface area contributed by atoms with Crippen molar-refractivity contribution in [1.29, 1.82) is 0 Å². The molecule has 0 N–H and O–H groups in total. The molecule has 0 spiro atoms. The highest BCUT2D eigenvalue weighted by atomic mass is 19.1. The fourth-order valence-electron chi connectivity index (χ4n) is 4.87. The van der Waals surface area contributed by atoms with Gasteiger partial charge in [0.1, 0.15) is 11.4 Å². The van der Waals surface area contributed by atoms with Crippen molar-refractivity contribution in [2.75, 3.05) is 20.5 Å². The number of amides is 1. The number of fused-ring (bicyclic) bond motifs is 3. The summed E-state index contributed by atoms with van der Waals surface area (Å²) in [5.74, 6) is 1.11. The van der Waals surface area contributed by atoms with E-state index in [9.17, 15) is 14.0 Å². The molecule has 1 amide bonds. The van der Waals surface area contributed by atoms with Crippen molar-refractivity contribution < 1.29 is 32.5 Å². The van der Waals surface area contributed by atoms with Gasteiger partial charge in [0.05, 0.1) is 30.7 Å². The molecule has 188 valence electrons. The molecule has 3 heterocycles. The zero-order valence-electron chi connectivity index (χ0n) is 20.1. The van der Waals surface area contributed by atoms with E-state index in [1.54, 1.807) is 35.2 Å². The van der Waals surface area contributed by atoms with E-state index in [1.807, 2.05) is 13.0 Å². The van der Waals surface area contributed by atoms with Crippen LogP contribution in [0.1, 0.15) is 40.2 Å². The lowest BCUT2D eigenvalue weighted by Crippen LogP contribution is -2.29. The minimum absolute atomic E-state index is 0.0669. The van der Waals surface area contributed by atoms with Gasteiger partial charge in [-0.1, -0.05) is 12.1 Å². The Balaban J connectivity index is 1.52. The van der Waals surface area contributed by atoms with Crippen LogP contribution in [0.5, 0.6) is 23.0 Å². The van der Waals surface area contributed by atoms with Crippen molar-refractivity contribution in [2.45, 2.75) is 19.5 Å². The van der Waals surface area contributed by atoms with Crippen LogP contribution in [-0.2, 0) is 6.54 Å². The molecule has 9 heteroatoms. The number of benzene rings is 3. The summed E-state index contributed by atoms with van der Waals surface area (Å²) in [6.45, 7) is 2.59. The minimum Gasteiger partial charge on any atom is -0.493 e. The largest absolute Gasteiger partial charge is 0.493 e. The molecule has 4 aromatic rings. The van der Waals surface area contributed by atoms with Gasteiger partial charge >= 0.3 is 0 Å². The molecule has 3 aromatic carbocycles. The summed E-state index contributed by atoms with van der Waals surface area (Å²) >= 11 is 0. The van der Waals surface area contributed by atoms with E-state index in [0.29, 0.717) is 35.2 Å². The van der Waals surface area contributed by atoms with E-state index in [-0.39, 0.29) is 35.6 Å². The number of hydrogen-bond donors (Lipinski definition) is 0. The van der Waals surface area contributed by atoms with E-state index < -0.39 is 23.2 Å². The Hall–Kier alpha value is -4.53. The van der Waals surface area contributed by atoms with Gasteiger partial charge in [0.2, 0.25) is 12.6 Å². The summed E-state index contributed by atoms with van der Waals surface area (Å²) in [6.07, 6.45) is 0. The zero-order valence-corrected chi connectivity index (χ0v) is 20.1. The number of ether oxygens (including phenoxy) is 4. The van der Waals surface area contributed by atoms with Gasteiger partial charge in [0.15, 0.2) is 28.4 Å². The SMILES string of the molecule is CCOc1ccc([C@@H]2c3c(oc4ccc(F)cc4c3=O)C(=O)N2Cc2ccc3c(c2)OCO3)cc1OC. The number of methoxy groups -OCH3 is 1. The van der Waals surface area contributed by atoms with Crippen LogP contribution >= 0.6 is 0 Å². The highest BCUT2D eigenvalue weighted by molar-refractivity contribution is 5.99. The lowest BCUT2D eigenvalue weighted by Gasteiger charge is -2.26. The second-order valence-electron chi connectivity index (χ2n) is 8.68. The molecule has 1 atom stereocenters. The minimum atomic E-state index is -0.804. The number of hydrogen-bond acceptors (Lipinski definition) is 7. The Bertz CT molecular complexity index is 1610. The fraction of sp³-hybridized carbons (Fsp3) is 0.214. The van der Waals surface area contributed by atoms with Crippen LogP contribution < -0.4 is 24.4 Å². The maximum Gasteiger partial charge on any atom is 0.291 e. The molecule has 0 fully saturated rings. The summed E-state index contributed by atoms with van der Waals surface area (Å²) in [5, 5.41) is 0.0689. The number of carbonyl (C=O) groups is 1. The van der Waals surface area contributed by atoms with Crippen LogP contribution in [0, 0.1) is 5.82 Å².